The highest BCUT2D eigenvalue weighted by Crippen LogP contribution is 2.31. The van der Waals surface area contributed by atoms with Crippen LogP contribution in [0.15, 0.2) is 30.7 Å². The van der Waals surface area contributed by atoms with Crippen molar-refractivity contribution in [2.45, 2.75) is 13.0 Å². The normalized spacial score (nSPS) is 14.2. The number of nitrogens with zero attached hydrogens (tertiary/aromatic N) is 2. The third kappa shape index (κ3) is 1.67. The average molecular weight is 234 g/mol. The van der Waals surface area contributed by atoms with Crippen LogP contribution in [0.1, 0.15) is 11.3 Å². The van der Waals surface area contributed by atoms with Crippen molar-refractivity contribution in [2.24, 2.45) is 0 Å². The zero-order valence-electron chi connectivity index (χ0n) is 8.78. The van der Waals surface area contributed by atoms with Crippen molar-refractivity contribution < 1.29 is 0 Å². The smallest absolute Gasteiger partial charge is 0.0922 e. The lowest BCUT2D eigenvalue weighted by Crippen LogP contribution is -2.19. The Kier molecular flexibility index (Phi) is 2.33. The number of hydrogen-bond donors (Lipinski definition) is 1. The Morgan fingerprint density at radius 1 is 1.44 bits per heavy atom. The number of anilines is 1. The summed E-state index contributed by atoms with van der Waals surface area (Å²) < 4.78 is 0. The van der Waals surface area contributed by atoms with Crippen molar-refractivity contribution in [3.63, 3.8) is 0 Å². The Morgan fingerprint density at radius 3 is 3.19 bits per heavy atom. The van der Waals surface area contributed by atoms with Crippen molar-refractivity contribution >= 4 is 17.3 Å². The predicted octanol–water partition coefficient (Wildman–Crippen LogP) is 2.63. The summed E-state index contributed by atoms with van der Waals surface area (Å²) in [4.78, 5) is 9.50. The molecule has 0 fully saturated rings. The number of aromatic nitrogens is 2. The van der Waals surface area contributed by atoms with E-state index in [9.17, 15) is 0 Å². The first-order valence-electron chi connectivity index (χ1n) is 5.33. The van der Waals surface area contributed by atoms with Gasteiger partial charge >= 0.3 is 0 Å². The molecule has 0 radical (unpaired) electrons. The largest absolute Gasteiger partial charge is 0.365 e. The number of benzene rings is 1. The van der Waals surface area contributed by atoms with E-state index in [0.29, 0.717) is 0 Å². The van der Waals surface area contributed by atoms with E-state index in [4.69, 9.17) is 11.6 Å². The van der Waals surface area contributed by atoms with Gasteiger partial charge in [-0.2, -0.15) is 0 Å². The summed E-state index contributed by atoms with van der Waals surface area (Å²) >= 11 is 5.98. The van der Waals surface area contributed by atoms with Crippen LogP contribution < -0.4 is 4.90 Å². The predicted molar refractivity (Wildman–Crippen MR) is 64.8 cm³/mol. The Labute approximate surface area is 99.1 Å². The van der Waals surface area contributed by atoms with E-state index in [-0.39, 0.29) is 0 Å². The lowest BCUT2D eigenvalue weighted by atomic mass is 10.2. The van der Waals surface area contributed by atoms with Gasteiger partial charge in [-0.15, -0.1) is 0 Å². The van der Waals surface area contributed by atoms with Crippen molar-refractivity contribution in [3.05, 3.63) is 47.0 Å². The fourth-order valence-electron chi connectivity index (χ4n) is 2.18. The Balaban J connectivity index is 1.86. The zero-order chi connectivity index (χ0) is 11.0. The number of nitrogens with one attached hydrogen (secondary N) is 1. The van der Waals surface area contributed by atoms with Crippen molar-refractivity contribution in [2.75, 3.05) is 11.4 Å². The highest BCUT2D eigenvalue weighted by Gasteiger charge is 2.19. The van der Waals surface area contributed by atoms with Crippen LogP contribution in [0, 0.1) is 0 Å². The molecule has 2 aromatic rings. The van der Waals surface area contributed by atoms with Gasteiger partial charge in [-0.3, -0.25) is 0 Å². The molecule has 0 amide bonds. The van der Waals surface area contributed by atoms with Crippen molar-refractivity contribution in [3.8, 4) is 0 Å². The monoisotopic (exact) mass is 233 g/mol. The molecule has 4 heteroatoms. The molecule has 0 atom stereocenters. The van der Waals surface area contributed by atoms with Gasteiger partial charge in [0.05, 0.1) is 18.6 Å². The van der Waals surface area contributed by atoms with Gasteiger partial charge in [0.25, 0.3) is 0 Å². The first-order valence-corrected chi connectivity index (χ1v) is 5.71. The van der Waals surface area contributed by atoms with Crippen LogP contribution in [0.3, 0.4) is 0 Å². The fourth-order valence-corrected chi connectivity index (χ4v) is 2.37. The molecule has 3 nitrogen and oxygen atoms in total. The van der Waals surface area contributed by atoms with Crippen molar-refractivity contribution in [1.29, 1.82) is 0 Å². The van der Waals surface area contributed by atoms with Crippen LogP contribution in [0.25, 0.3) is 0 Å². The Bertz CT molecular complexity index is 493. The molecule has 0 spiro atoms. The standard InChI is InChI=1S/C12H12ClN3/c13-10-1-2-12-9(5-10)3-4-16(12)7-11-6-14-8-15-11/h1-2,5-6,8H,3-4,7H2,(H,14,15). The first-order chi connectivity index (χ1) is 7.83. The quantitative estimate of drug-likeness (QED) is 0.865. The summed E-state index contributed by atoms with van der Waals surface area (Å²) in [5.74, 6) is 0. The maximum atomic E-state index is 5.98. The molecule has 3 rings (SSSR count). The molecule has 1 aromatic heterocycles. The van der Waals surface area contributed by atoms with Gasteiger partial charge in [-0.05, 0) is 30.2 Å². The number of hydrogen-bond acceptors (Lipinski definition) is 2. The summed E-state index contributed by atoms with van der Waals surface area (Å²) in [7, 11) is 0. The minimum absolute atomic E-state index is 0.821. The number of rotatable bonds is 2. The maximum absolute atomic E-state index is 5.98. The van der Waals surface area contributed by atoms with E-state index in [1.54, 1.807) is 6.33 Å². The molecule has 1 aromatic carbocycles. The second kappa shape index (κ2) is 3.83. The van der Waals surface area contributed by atoms with E-state index in [1.165, 1.54) is 11.3 Å². The Hall–Kier alpha value is -1.48. The number of fused-ring (bicyclic) bond motifs is 1. The summed E-state index contributed by atoms with van der Waals surface area (Å²) in [5.41, 5.74) is 3.77. The van der Waals surface area contributed by atoms with E-state index in [0.717, 1.165) is 30.2 Å². The van der Waals surface area contributed by atoms with Crippen LogP contribution in [0.2, 0.25) is 5.02 Å². The first kappa shape index (κ1) is 9.73. The van der Waals surface area contributed by atoms with Crippen molar-refractivity contribution in [1.82, 2.24) is 9.97 Å². The van der Waals surface area contributed by atoms with E-state index >= 15 is 0 Å². The molecule has 1 N–H and O–H groups in total. The molecular weight excluding hydrogens is 222 g/mol. The number of imidazole rings is 1. The number of aromatic amines is 1. The number of H-pyrrole nitrogens is 1. The lowest BCUT2D eigenvalue weighted by molar-refractivity contribution is 0.819. The van der Waals surface area contributed by atoms with Gasteiger partial charge in [0.1, 0.15) is 0 Å². The lowest BCUT2D eigenvalue weighted by Gasteiger charge is -2.18. The highest BCUT2D eigenvalue weighted by atomic mass is 35.5. The molecule has 2 heterocycles. The topological polar surface area (TPSA) is 31.9 Å². The van der Waals surface area contributed by atoms with Crippen LogP contribution in [-0.2, 0) is 13.0 Å². The van der Waals surface area contributed by atoms with Crippen LogP contribution >= 0.6 is 11.6 Å². The summed E-state index contributed by atoms with van der Waals surface area (Å²) in [6, 6.07) is 6.11. The van der Waals surface area contributed by atoms with Gasteiger partial charge in [0, 0.05) is 23.5 Å². The molecule has 82 valence electrons. The maximum Gasteiger partial charge on any atom is 0.0922 e. The SMILES string of the molecule is Clc1ccc2c(c1)CCN2Cc1cnc[nH]1. The minimum Gasteiger partial charge on any atom is -0.365 e. The van der Waals surface area contributed by atoms with Gasteiger partial charge in [0.15, 0.2) is 0 Å². The van der Waals surface area contributed by atoms with E-state index < -0.39 is 0 Å². The fraction of sp³-hybridized carbons (Fsp3) is 0.250. The van der Waals surface area contributed by atoms with Gasteiger partial charge in [-0.1, -0.05) is 11.6 Å². The average Bonchev–Trinajstić information content (AvgIpc) is 2.89. The van der Waals surface area contributed by atoms with Crippen LogP contribution in [0.5, 0.6) is 0 Å². The van der Waals surface area contributed by atoms with Crippen LogP contribution in [-0.4, -0.2) is 16.5 Å². The van der Waals surface area contributed by atoms with E-state index in [2.05, 4.69) is 27.0 Å². The van der Waals surface area contributed by atoms with Crippen LogP contribution in [0.4, 0.5) is 5.69 Å². The molecule has 16 heavy (non-hydrogen) atoms. The molecule has 0 saturated heterocycles. The molecule has 0 bridgehead atoms. The summed E-state index contributed by atoms with van der Waals surface area (Å²) in [6.07, 6.45) is 4.66. The molecule has 0 saturated carbocycles. The van der Waals surface area contributed by atoms with Gasteiger partial charge in [-0.25, -0.2) is 4.98 Å². The number of halogens is 1. The second-order valence-corrected chi connectivity index (χ2v) is 4.46. The molecule has 1 aliphatic rings. The molecule has 0 aliphatic carbocycles. The van der Waals surface area contributed by atoms with E-state index in [1.807, 2.05) is 12.3 Å². The summed E-state index contributed by atoms with van der Waals surface area (Å²) in [5, 5.41) is 0.821. The summed E-state index contributed by atoms with van der Waals surface area (Å²) in [6.45, 7) is 1.93. The third-order valence-electron chi connectivity index (χ3n) is 2.95. The Morgan fingerprint density at radius 2 is 2.38 bits per heavy atom. The minimum atomic E-state index is 0.821. The second-order valence-electron chi connectivity index (χ2n) is 4.02. The molecular formula is C12H12ClN3. The third-order valence-corrected chi connectivity index (χ3v) is 3.18. The van der Waals surface area contributed by atoms with Gasteiger partial charge in [0.2, 0.25) is 0 Å². The zero-order valence-corrected chi connectivity index (χ0v) is 9.54. The highest BCUT2D eigenvalue weighted by molar-refractivity contribution is 6.30. The molecule has 1 aliphatic heterocycles. The van der Waals surface area contributed by atoms with Gasteiger partial charge < -0.3 is 9.88 Å². The molecule has 0 unspecified atom stereocenters.